The Morgan fingerprint density at radius 2 is 1.43 bits per heavy atom. The Bertz CT molecular complexity index is 1590. The highest BCUT2D eigenvalue weighted by Crippen LogP contribution is 2.40. The van der Waals surface area contributed by atoms with E-state index in [1.807, 2.05) is 67.6 Å². The van der Waals surface area contributed by atoms with Crippen LogP contribution >= 0.6 is 0 Å². The van der Waals surface area contributed by atoms with E-state index in [0.717, 1.165) is 49.0 Å². The third-order valence-corrected chi connectivity index (χ3v) is 9.27. The van der Waals surface area contributed by atoms with Gasteiger partial charge in [-0.15, -0.1) is 6.58 Å². The van der Waals surface area contributed by atoms with Crippen LogP contribution in [-0.2, 0) is 54.5 Å². The molecule has 258 valence electrons. The molecule has 0 radical (unpaired) electrons. The number of esters is 1. The summed E-state index contributed by atoms with van der Waals surface area (Å²) in [6.45, 7) is 9.96. The summed E-state index contributed by atoms with van der Waals surface area (Å²) >= 11 is 0. The van der Waals surface area contributed by atoms with E-state index in [1.165, 1.54) is 29.4 Å². The Kier molecular flexibility index (Phi) is 13.8. The van der Waals surface area contributed by atoms with E-state index in [9.17, 15) is 4.79 Å². The van der Waals surface area contributed by atoms with E-state index in [1.54, 1.807) is 6.08 Å². The summed E-state index contributed by atoms with van der Waals surface area (Å²) < 4.78 is 30.8. The second-order valence-electron chi connectivity index (χ2n) is 12.9. The summed E-state index contributed by atoms with van der Waals surface area (Å²) in [5, 5.41) is 0. The number of hydrogen-bond donors (Lipinski definition) is 0. The third kappa shape index (κ3) is 10.2. The summed E-state index contributed by atoms with van der Waals surface area (Å²) in [7, 11) is 1.40. The summed E-state index contributed by atoms with van der Waals surface area (Å²) in [5.74, 6) is -0.722. The number of hydrogen-bond acceptors (Lipinski definition) is 6. The molecule has 0 aromatic heterocycles. The fraction of sp³-hybridized carbons (Fsp3) is 0.372. The normalized spacial score (nSPS) is 20.5. The van der Waals surface area contributed by atoms with Crippen molar-refractivity contribution in [1.82, 2.24) is 0 Å². The molecule has 1 heterocycles. The molecule has 4 aromatic rings. The van der Waals surface area contributed by atoms with Gasteiger partial charge in [-0.3, -0.25) is 0 Å². The molecule has 0 amide bonds. The van der Waals surface area contributed by atoms with Gasteiger partial charge in [-0.05, 0) is 71.6 Å². The van der Waals surface area contributed by atoms with Gasteiger partial charge in [-0.2, -0.15) is 0 Å². The first kappa shape index (κ1) is 36.2. The van der Waals surface area contributed by atoms with Crippen molar-refractivity contribution in [3.8, 4) is 0 Å². The first-order valence-corrected chi connectivity index (χ1v) is 17.4. The molecule has 1 aliphatic heterocycles. The number of ether oxygens (including phenoxy) is 5. The van der Waals surface area contributed by atoms with Crippen LogP contribution in [0.5, 0.6) is 0 Å². The molecule has 1 aliphatic rings. The zero-order valence-electron chi connectivity index (χ0n) is 29.1. The maximum Gasteiger partial charge on any atom is 0.335 e. The van der Waals surface area contributed by atoms with Gasteiger partial charge < -0.3 is 23.7 Å². The van der Waals surface area contributed by atoms with Gasteiger partial charge in [-0.1, -0.05) is 116 Å². The highest BCUT2D eigenvalue weighted by atomic mass is 16.6. The van der Waals surface area contributed by atoms with Crippen LogP contribution in [0.2, 0.25) is 0 Å². The van der Waals surface area contributed by atoms with E-state index in [4.69, 9.17) is 23.7 Å². The SMILES string of the molecule is C=CCOCCCCc1ccc(Cc2cc([C@@H]3O[C@H](C(=O)OC)[C@@H](C)[C@H](OCc4ccccc4)[C@H]3OCc3ccccc3)ccc2C)cc1. The van der Waals surface area contributed by atoms with E-state index in [0.29, 0.717) is 19.8 Å². The Morgan fingerprint density at radius 3 is 2.06 bits per heavy atom. The van der Waals surface area contributed by atoms with Crippen LogP contribution in [0.4, 0.5) is 0 Å². The molecule has 0 bridgehead atoms. The van der Waals surface area contributed by atoms with Crippen molar-refractivity contribution in [3.05, 3.63) is 155 Å². The van der Waals surface area contributed by atoms with Gasteiger partial charge in [0.25, 0.3) is 0 Å². The molecular weight excluding hydrogens is 612 g/mol. The lowest BCUT2D eigenvalue weighted by Gasteiger charge is -2.44. The van der Waals surface area contributed by atoms with Gasteiger partial charge in [-0.25, -0.2) is 4.79 Å². The number of rotatable bonds is 17. The van der Waals surface area contributed by atoms with Crippen molar-refractivity contribution >= 4 is 5.97 Å². The van der Waals surface area contributed by atoms with Crippen LogP contribution in [0.25, 0.3) is 0 Å². The molecule has 1 fully saturated rings. The van der Waals surface area contributed by atoms with Crippen LogP contribution in [-0.4, -0.2) is 44.6 Å². The lowest BCUT2D eigenvalue weighted by molar-refractivity contribution is -0.238. The van der Waals surface area contributed by atoms with Crippen molar-refractivity contribution in [3.63, 3.8) is 0 Å². The van der Waals surface area contributed by atoms with Gasteiger partial charge in [0.15, 0.2) is 6.10 Å². The number of aryl methyl sites for hydroxylation is 2. The molecule has 0 unspecified atom stereocenters. The van der Waals surface area contributed by atoms with E-state index in [-0.39, 0.29) is 5.92 Å². The van der Waals surface area contributed by atoms with Crippen LogP contribution in [0, 0.1) is 12.8 Å². The minimum atomic E-state index is -0.807. The topological polar surface area (TPSA) is 63.2 Å². The molecule has 6 nitrogen and oxygen atoms in total. The minimum absolute atomic E-state index is 0.309. The molecule has 1 saturated heterocycles. The molecule has 0 saturated carbocycles. The van der Waals surface area contributed by atoms with Crippen molar-refractivity contribution in [2.75, 3.05) is 20.3 Å². The number of carbonyl (C=O) groups excluding carboxylic acids is 1. The molecule has 0 spiro atoms. The molecule has 0 N–H and O–H groups in total. The molecule has 0 aliphatic carbocycles. The largest absolute Gasteiger partial charge is 0.467 e. The predicted octanol–water partition coefficient (Wildman–Crippen LogP) is 8.53. The van der Waals surface area contributed by atoms with Crippen molar-refractivity contribution in [2.24, 2.45) is 5.92 Å². The van der Waals surface area contributed by atoms with Crippen molar-refractivity contribution in [1.29, 1.82) is 0 Å². The summed E-state index contributed by atoms with van der Waals surface area (Å²) in [6.07, 6.45) is 3.46. The zero-order chi connectivity index (χ0) is 34.4. The summed E-state index contributed by atoms with van der Waals surface area (Å²) in [5.41, 5.74) is 8.02. The van der Waals surface area contributed by atoms with Gasteiger partial charge >= 0.3 is 5.97 Å². The lowest BCUT2D eigenvalue weighted by Crippen LogP contribution is -2.54. The van der Waals surface area contributed by atoms with Gasteiger partial charge in [0, 0.05) is 12.5 Å². The average molecular weight is 663 g/mol. The second kappa shape index (κ2) is 18.6. The predicted molar refractivity (Wildman–Crippen MR) is 193 cm³/mol. The first-order valence-electron chi connectivity index (χ1n) is 17.4. The van der Waals surface area contributed by atoms with E-state index in [2.05, 4.69) is 56.0 Å². The van der Waals surface area contributed by atoms with E-state index < -0.39 is 30.4 Å². The lowest BCUT2D eigenvalue weighted by atomic mass is 9.84. The molecule has 4 aromatic carbocycles. The summed E-state index contributed by atoms with van der Waals surface area (Å²) in [6, 6.07) is 35.5. The number of carbonyl (C=O) groups is 1. The average Bonchev–Trinajstić information content (AvgIpc) is 3.14. The zero-order valence-corrected chi connectivity index (χ0v) is 29.1. The van der Waals surface area contributed by atoms with Crippen LogP contribution in [0.1, 0.15) is 64.8 Å². The van der Waals surface area contributed by atoms with Crippen LogP contribution < -0.4 is 0 Å². The minimum Gasteiger partial charge on any atom is -0.467 e. The van der Waals surface area contributed by atoms with Crippen molar-refractivity contribution < 1.29 is 28.5 Å². The highest BCUT2D eigenvalue weighted by Gasteiger charge is 2.49. The van der Waals surface area contributed by atoms with Crippen molar-refractivity contribution in [2.45, 2.75) is 77.2 Å². The van der Waals surface area contributed by atoms with Crippen LogP contribution in [0.3, 0.4) is 0 Å². The third-order valence-electron chi connectivity index (χ3n) is 9.27. The molecule has 49 heavy (non-hydrogen) atoms. The van der Waals surface area contributed by atoms with Gasteiger partial charge in [0.1, 0.15) is 12.2 Å². The maximum absolute atomic E-state index is 13.1. The second-order valence-corrected chi connectivity index (χ2v) is 12.9. The fourth-order valence-corrected chi connectivity index (χ4v) is 6.42. The summed E-state index contributed by atoms with van der Waals surface area (Å²) in [4.78, 5) is 13.1. The monoisotopic (exact) mass is 662 g/mol. The van der Waals surface area contributed by atoms with Gasteiger partial charge in [0.05, 0.1) is 33.0 Å². The quantitative estimate of drug-likeness (QED) is 0.0642. The Hall–Kier alpha value is -4.07. The molecular formula is C43H50O6. The highest BCUT2D eigenvalue weighted by molar-refractivity contribution is 5.75. The Labute approximate surface area is 292 Å². The van der Waals surface area contributed by atoms with Gasteiger partial charge in [0.2, 0.25) is 0 Å². The fourth-order valence-electron chi connectivity index (χ4n) is 6.42. The smallest absolute Gasteiger partial charge is 0.335 e. The Morgan fingerprint density at radius 1 is 0.796 bits per heavy atom. The Balaban J connectivity index is 1.38. The number of benzene rings is 4. The molecule has 6 heteroatoms. The van der Waals surface area contributed by atoms with Crippen LogP contribution in [0.15, 0.2) is 116 Å². The molecule has 5 rings (SSSR count). The van der Waals surface area contributed by atoms with E-state index >= 15 is 0 Å². The number of methoxy groups -OCH3 is 1. The maximum atomic E-state index is 13.1. The standard InChI is InChI=1S/C43H50O6/c1-5-25-46-26-13-12-14-33-20-22-34(23-21-33)27-38-28-37(24-19-31(38)2)41-42(48-30-36-17-10-7-11-18-36)39(32(3)40(49-41)43(44)45-4)47-29-35-15-8-6-9-16-35/h5-11,15-24,28,32,39-42H,1,12-14,25-27,29-30H2,2-4H3/t32-,39-,40-,41-,42+/m0/s1. The molecule has 5 atom stereocenters. The first-order chi connectivity index (χ1) is 24.0. The number of unbranched alkanes of at least 4 members (excludes halogenated alkanes) is 1.